The smallest absolute Gasteiger partial charge is 0.319 e. The summed E-state index contributed by atoms with van der Waals surface area (Å²) in [5, 5.41) is 2.86. The number of hydrogen-bond donors (Lipinski definition) is 1. The van der Waals surface area contributed by atoms with Crippen LogP contribution in [0, 0.1) is 0 Å². The van der Waals surface area contributed by atoms with Crippen LogP contribution in [0.5, 0.6) is 0 Å². The molecular weight excluding hydrogens is 222 g/mol. The Labute approximate surface area is 91.5 Å². The number of benzene rings is 1. The molecule has 0 unspecified atom stereocenters. The summed E-state index contributed by atoms with van der Waals surface area (Å²) >= 11 is 0. The minimum absolute atomic E-state index is 0.531. The van der Waals surface area contributed by atoms with Gasteiger partial charge < -0.3 is 5.32 Å². The lowest BCUT2D eigenvalue weighted by molar-refractivity contribution is -0.135. The van der Waals surface area contributed by atoms with Crippen LogP contribution in [0.15, 0.2) is 24.3 Å². The van der Waals surface area contributed by atoms with Crippen molar-refractivity contribution in [1.29, 1.82) is 0 Å². The molecule has 0 aromatic heterocycles. The van der Waals surface area contributed by atoms with Crippen LogP contribution in [0.3, 0.4) is 0 Å². The SMILES string of the molecule is CNCCc1cccc(C(F)(F)C(F)F)c1. The highest BCUT2D eigenvalue weighted by Gasteiger charge is 2.42. The third-order valence-corrected chi connectivity index (χ3v) is 2.25. The first-order chi connectivity index (χ1) is 7.48. The molecule has 0 aliphatic carbocycles. The highest BCUT2D eigenvalue weighted by Crippen LogP contribution is 2.34. The summed E-state index contributed by atoms with van der Waals surface area (Å²) in [6.45, 7) is 0.615. The van der Waals surface area contributed by atoms with Crippen molar-refractivity contribution in [3.63, 3.8) is 0 Å². The number of likely N-dealkylation sites (N-methyl/N-ethyl adjacent to an activating group) is 1. The van der Waals surface area contributed by atoms with E-state index in [0.717, 1.165) is 12.1 Å². The molecule has 0 aliphatic rings. The van der Waals surface area contributed by atoms with E-state index in [0.29, 0.717) is 18.5 Å². The first-order valence-electron chi connectivity index (χ1n) is 4.88. The lowest BCUT2D eigenvalue weighted by atomic mass is 10.0. The summed E-state index contributed by atoms with van der Waals surface area (Å²) in [6, 6.07) is 5.16. The fourth-order valence-corrected chi connectivity index (χ4v) is 1.33. The van der Waals surface area contributed by atoms with E-state index in [1.807, 2.05) is 0 Å². The molecule has 0 fully saturated rings. The molecule has 1 N–H and O–H groups in total. The van der Waals surface area contributed by atoms with Gasteiger partial charge in [0, 0.05) is 5.56 Å². The molecule has 0 radical (unpaired) electrons. The van der Waals surface area contributed by atoms with Gasteiger partial charge >= 0.3 is 12.3 Å². The predicted molar refractivity (Wildman–Crippen MR) is 54.0 cm³/mol. The van der Waals surface area contributed by atoms with Crippen molar-refractivity contribution in [1.82, 2.24) is 5.32 Å². The predicted octanol–water partition coefficient (Wildman–Crippen LogP) is 2.81. The molecule has 1 aromatic rings. The van der Waals surface area contributed by atoms with E-state index in [4.69, 9.17) is 0 Å². The molecule has 0 bridgehead atoms. The molecule has 1 nitrogen and oxygen atoms in total. The van der Waals surface area contributed by atoms with Crippen LogP contribution in [-0.2, 0) is 12.3 Å². The molecule has 0 saturated heterocycles. The number of rotatable bonds is 5. The number of alkyl halides is 4. The van der Waals surface area contributed by atoms with E-state index in [9.17, 15) is 17.6 Å². The van der Waals surface area contributed by atoms with Crippen molar-refractivity contribution in [2.24, 2.45) is 0 Å². The summed E-state index contributed by atoms with van der Waals surface area (Å²) in [4.78, 5) is 0. The third kappa shape index (κ3) is 2.95. The zero-order valence-corrected chi connectivity index (χ0v) is 8.81. The minimum atomic E-state index is -4.07. The Bertz CT molecular complexity index is 339. The summed E-state index contributed by atoms with van der Waals surface area (Å²) in [7, 11) is 1.73. The zero-order valence-electron chi connectivity index (χ0n) is 8.81. The van der Waals surface area contributed by atoms with Gasteiger partial charge in [0.1, 0.15) is 0 Å². The van der Waals surface area contributed by atoms with Crippen molar-refractivity contribution < 1.29 is 17.6 Å². The van der Waals surface area contributed by atoms with Gasteiger partial charge in [-0.05, 0) is 31.6 Å². The summed E-state index contributed by atoms with van der Waals surface area (Å²) in [6.07, 6.45) is -3.14. The standard InChI is InChI=1S/C11H13F4N/c1-16-6-5-8-3-2-4-9(7-8)11(14,15)10(12)13/h2-4,7,10,16H,5-6H2,1H3. The second-order valence-corrected chi connectivity index (χ2v) is 3.48. The average Bonchev–Trinajstić information content (AvgIpc) is 2.26. The Morgan fingerprint density at radius 2 is 2.00 bits per heavy atom. The van der Waals surface area contributed by atoms with Crippen LogP contribution in [0.4, 0.5) is 17.6 Å². The van der Waals surface area contributed by atoms with E-state index >= 15 is 0 Å². The van der Waals surface area contributed by atoms with Crippen LogP contribution >= 0.6 is 0 Å². The van der Waals surface area contributed by atoms with E-state index in [1.54, 1.807) is 13.1 Å². The lowest BCUT2D eigenvalue weighted by Gasteiger charge is -2.16. The monoisotopic (exact) mass is 235 g/mol. The van der Waals surface area contributed by atoms with E-state index in [1.165, 1.54) is 6.07 Å². The Kier molecular flexibility index (Phi) is 4.29. The Balaban J connectivity index is 2.89. The molecule has 5 heteroatoms. The van der Waals surface area contributed by atoms with Crippen LogP contribution in [-0.4, -0.2) is 20.0 Å². The Hall–Kier alpha value is -1.10. The maximum absolute atomic E-state index is 13.0. The maximum atomic E-state index is 13.0. The number of hydrogen-bond acceptors (Lipinski definition) is 1. The van der Waals surface area contributed by atoms with E-state index in [-0.39, 0.29) is 0 Å². The van der Waals surface area contributed by atoms with Gasteiger partial charge in [-0.15, -0.1) is 0 Å². The van der Waals surface area contributed by atoms with Crippen LogP contribution in [0.1, 0.15) is 11.1 Å². The highest BCUT2D eigenvalue weighted by atomic mass is 19.3. The molecule has 0 aliphatic heterocycles. The summed E-state index contributed by atoms with van der Waals surface area (Å²) in [5.74, 6) is -4.07. The van der Waals surface area contributed by atoms with Crippen LogP contribution < -0.4 is 5.32 Å². The molecule has 1 aromatic carbocycles. The first-order valence-corrected chi connectivity index (χ1v) is 4.88. The lowest BCUT2D eigenvalue weighted by Crippen LogP contribution is -2.23. The van der Waals surface area contributed by atoms with Gasteiger partial charge in [0.25, 0.3) is 0 Å². The molecule has 0 atom stereocenters. The van der Waals surface area contributed by atoms with Crippen molar-refractivity contribution in [3.8, 4) is 0 Å². The molecule has 0 saturated carbocycles. The topological polar surface area (TPSA) is 12.0 Å². The molecule has 0 heterocycles. The van der Waals surface area contributed by atoms with Crippen molar-refractivity contribution >= 4 is 0 Å². The molecule has 0 amide bonds. The van der Waals surface area contributed by atoms with Crippen molar-refractivity contribution in [2.75, 3.05) is 13.6 Å². The quantitative estimate of drug-likeness (QED) is 0.774. The minimum Gasteiger partial charge on any atom is -0.319 e. The second-order valence-electron chi connectivity index (χ2n) is 3.48. The normalized spacial score (nSPS) is 12.1. The van der Waals surface area contributed by atoms with Gasteiger partial charge in [-0.2, -0.15) is 8.78 Å². The van der Waals surface area contributed by atoms with E-state index in [2.05, 4.69) is 5.32 Å². The fraction of sp³-hybridized carbons (Fsp3) is 0.455. The van der Waals surface area contributed by atoms with Gasteiger partial charge in [-0.3, -0.25) is 0 Å². The molecular formula is C11H13F4N. The first kappa shape index (κ1) is 13.0. The number of nitrogens with one attached hydrogen (secondary N) is 1. The third-order valence-electron chi connectivity index (χ3n) is 2.25. The van der Waals surface area contributed by atoms with Gasteiger partial charge in [-0.1, -0.05) is 18.2 Å². The Morgan fingerprint density at radius 3 is 2.56 bits per heavy atom. The number of halogens is 4. The van der Waals surface area contributed by atoms with Crippen molar-refractivity contribution in [3.05, 3.63) is 35.4 Å². The molecule has 0 spiro atoms. The molecule has 16 heavy (non-hydrogen) atoms. The fourth-order valence-electron chi connectivity index (χ4n) is 1.33. The van der Waals surface area contributed by atoms with Gasteiger partial charge in [0.15, 0.2) is 0 Å². The van der Waals surface area contributed by atoms with Gasteiger partial charge in [-0.25, -0.2) is 8.78 Å². The zero-order chi connectivity index (χ0) is 12.2. The highest BCUT2D eigenvalue weighted by molar-refractivity contribution is 5.27. The molecule has 1 rings (SSSR count). The largest absolute Gasteiger partial charge is 0.332 e. The van der Waals surface area contributed by atoms with Crippen molar-refractivity contribution in [2.45, 2.75) is 18.8 Å². The van der Waals surface area contributed by atoms with Crippen LogP contribution in [0.2, 0.25) is 0 Å². The summed E-state index contributed by atoms with van der Waals surface area (Å²) in [5.41, 5.74) is -0.0109. The van der Waals surface area contributed by atoms with Crippen LogP contribution in [0.25, 0.3) is 0 Å². The van der Waals surface area contributed by atoms with Gasteiger partial charge in [0.2, 0.25) is 0 Å². The summed E-state index contributed by atoms with van der Waals surface area (Å²) < 4.78 is 50.3. The van der Waals surface area contributed by atoms with E-state index < -0.39 is 17.9 Å². The second kappa shape index (κ2) is 5.30. The molecule has 90 valence electrons. The average molecular weight is 235 g/mol. The Morgan fingerprint density at radius 1 is 1.31 bits per heavy atom. The maximum Gasteiger partial charge on any atom is 0.332 e. The van der Waals surface area contributed by atoms with Gasteiger partial charge in [0.05, 0.1) is 0 Å².